The molecule has 1 aromatic carbocycles. The smallest absolute Gasteiger partial charge is 0.255 e. The molecule has 27 heavy (non-hydrogen) atoms. The van der Waals surface area contributed by atoms with Gasteiger partial charge in [0.1, 0.15) is 11.1 Å². The molecule has 0 unspecified atom stereocenters. The Morgan fingerprint density at radius 3 is 2.70 bits per heavy atom. The van der Waals surface area contributed by atoms with E-state index >= 15 is 0 Å². The summed E-state index contributed by atoms with van der Waals surface area (Å²) in [6, 6.07) is 11.2. The van der Waals surface area contributed by atoms with Gasteiger partial charge >= 0.3 is 0 Å². The average Bonchev–Trinajstić information content (AvgIpc) is 2.70. The van der Waals surface area contributed by atoms with Gasteiger partial charge < -0.3 is 19.5 Å². The van der Waals surface area contributed by atoms with Gasteiger partial charge in [0, 0.05) is 32.1 Å². The summed E-state index contributed by atoms with van der Waals surface area (Å²) in [6.07, 6.45) is 3.08. The highest BCUT2D eigenvalue weighted by atomic mass is 35.5. The first-order valence-corrected chi connectivity index (χ1v) is 9.39. The van der Waals surface area contributed by atoms with E-state index in [9.17, 15) is 9.90 Å². The van der Waals surface area contributed by atoms with Crippen molar-refractivity contribution in [1.82, 2.24) is 9.88 Å². The van der Waals surface area contributed by atoms with Crippen LogP contribution in [0.15, 0.2) is 42.6 Å². The molecule has 1 aliphatic heterocycles. The fraction of sp³-hybridized carbons (Fsp3) is 0.400. The molecule has 0 spiro atoms. The molecule has 0 saturated carbocycles. The number of benzene rings is 1. The van der Waals surface area contributed by atoms with Gasteiger partial charge in [-0.2, -0.15) is 0 Å². The first-order valence-electron chi connectivity index (χ1n) is 9.01. The van der Waals surface area contributed by atoms with E-state index in [0.717, 1.165) is 18.4 Å². The Morgan fingerprint density at radius 2 is 2.04 bits per heavy atom. The third-order valence-electron chi connectivity index (χ3n) is 4.37. The van der Waals surface area contributed by atoms with Crippen LogP contribution in [-0.4, -0.2) is 53.4 Å². The van der Waals surface area contributed by atoms with Crippen molar-refractivity contribution >= 4 is 17.5 Å². The second-order valence-corrected chi connectivity index (χ2v) is 6.78. The normalized spacial score (nSPS) is 14.7. The molecule has 1 fully saturated rings. The predicted molar refractivity (Wildman–Crippen MR) is 102 cm³/mol. The number of aliphatic hydroxyl groups excluding tert-OH is 1. The molecule has 1 saturated heterocycles. The van der Waals surface area contributed by atoms with E-state index in [1.54, 1.807) is 11.0 Å². The third-order valence-corrected chi connectivity index (χ3v) is 4.65. The largest absolute Gasteiger partial charge is 0.473 e. The van der Waals surface area contributed by atoms with Crippen LogP contribution >= 0.6 is 11.6 Å². The van der Waals surface area contributed by atoms with Crippen molar-refractivity contribution in [3.8, 4) is 5.88 Å². The van der Waals surface area contributed by atoms with E-state index in [-0.39, 0.29) is 25.2 Å². The summed E-state index contributed by atoms with van der Waals surface area (Å²) in [5.41, 5.74) is 1.35. The standard InChI is InChI=1S/C20H23ClN2O4/c21-18-12-16(13-22-19(18)27-17-6-10-26-11-7-17)20(25)23(8-9-24)14-15-4-2-1-3-5-15/h1-5,12-13,17,24H,6-11,14H2. The van der Waals surface area contributed by atoms with Crippen molar-refractivity contribution in [1.29, 1.82) is 0 Å². The van der Waals surface area contributed by atoms with E-state index < -0.39 is 0 Å². The van der Waals surface area contributed by atoms with E-state index in [2.05, 4.69) is 4.98 Å². The van der Waals surface area contributed by atoms with Crippen LogP contribution in [0.2, 0.25) is 5.02 Å². The number of carbonyl (C=O) groups excluding carboxylic acids is 1. The maximum Gasteiger partial charge on any atom is 0.255 e. The highest BCUT2D eigenvalue weighted by Crippen LogP contribution is 2.26. The van der Waals surface area contributed by atoms with Crippen LogP contribution in [0.3, 0.4) is 0 Å². The van der Waals surface area contributed by atoms with Crippen LogP contribution in [0.25, 0.3) is 0 Å². The van der Waals surface area contributed by atoms with Crippen LogP contribution in [-0.2, 0) is 11.3 Å². The highest BCUT2D eigenvalue weighted by Gasteiger charge is 2.20. The van der Waals surface area contributed by atoms with Crippen LogP contribution in [0.1, 0.15) is 28.8 Å². The number of halogens is 1. The number of amides is 1. The van der Waals surface area contributed by atoms with Gasteiger partial charge in [-0.3, -0.25) is 4.79 Å². The molecule has 1 aromatic heterocycles. The number of rotatable bonds is 7. The fourth-order valence-corrected chi connectivity index (χ4v) is 3.15. The minimum Gasteiger partial charge on any atom is -0.473 e. The van der Waals surface area contributed by atoms with Crippen molar-refractivity contribution < 1.29 is 19.4 Å². The minimum atomic E-state index is -0.236. The lowest BCUT2D eigenvalue weighted by Crippen LogP contribution is -2.33. The first kappa shape index (κ1) is 19.6. The zero-order chi connectivity index (χ0) is 19.1. The zero-order valence-corrected chi connectivity index (χ0v) is 15.8. The minimum absolute atomic E-state index is 0.0225. The Hall–Kier alpha value is -2.15. The third kappa shape index (κ3) is 5.42. The number of hydrogen-bond donors (Lipinski definition) is 1. The summed E-state index contributed by atoms with van der Waals surface area (Å²) in [7, 11) is 0. The lowest BCUT2D eigenvalue weighted by atomic mass is 10.1. The van der Waals surface area contributed by atoms with E-state index in [0.29, 0.717) is 36.2 Å². The molecule has 6 nitrogen and oxygen atoms in total. The molecule has 0 aliphatic carbocycles. The molecular weight excluding hydrogens is 368 g/mol. The fourth-order valence-electron chi connectivity index (χ4n) is 2.94. The van der Waals surface area contributed by atoms with Crippen molar-refractivity contribution in [3.63, 3.8) is 0 Å². The summed E-state index contributed by atoms with van der Waals surface area (Å²) < 4.78 is 11.1. The van der Waals surface area contributed by atoms with Crippen LogP contribution in [0.5, 0.6) is 5.88 Å². The molecule has 0 radical (unpaired) electrons. The Kier molecular flexibility index (Phi) is 7.04. The number of aromatic nitrogens is 1. The van der Waals surface area contributed by atoms with E-state index in [1.165, 1.54) is 6.20 Å². The van der Waals surface area contributed by atoms with Gasteiger partial charge in [-0.05, 0) is 11.6 Å². The second kappa shape index (κ2) is 9.69. The van der Waals surface area contributed by atoms with Gasteiger partial charge in [-0.1, -0.05) is 41.9 Å². The van der Waals surface area contributed by atoms with E-state index in [1.807, 2.05) is 30.3 Å². The maximum absolute atomic E-state index is 12.9. The van der Waals surface area contributed by atoms with Gasteiger partial charge in [0.15, 0.2) is 0 Å². The van der Waals surface area contributed by atoms with Crippen LogP contribution in [0, 0.1) is 0 Å². The Morgan fingerprint density at radius 1 is 1.30 bits per heavy atom. The van der Waals surface area contributed by atoms with Gasteiger partial charge in [-0.15, -0.1) is 0 Å². The molecule has 1 amide bonds. The Balaban J connectivity index is 1.71. The van der Waals surface area contributed by atoms with Gasteiger partial charge in [0.2, 0.25) is 5.88 Å². The van der Waals surface area contributed by atoms with Crippen molar-refractivity contribution in [3.05, 3.63) is 58.7 Å². The number of nitrogens with zero attached hydrogens (tertiary/aromatic N) is 2. The monoisotopic (exact) mass is 390 g/mol. The number of carbonyl (C=O) groups is 1. The molecule has 1 N–H and O–H groups in total. The molecule has 144 valence electrons. The summed E-state index contributed by atoms with van der Waals surface area (Å²) in [6.45, 7) is 1.83. The molecule has 7 heteroatoms. The van der Waals surface area contributed by atoms with Crippen molar-refractivity contribution in [2.45, 2.75) is 25.5 Å². The average molecular weight is 391 g/mol. The molecule has 0 atom stereocenters. The lowest BCUT2D eigenvalue weighted by Gasteiger charge is -2.24. The van der Waals surface area contributed by atoms with Crippen molar-refractivity contribution in [2.75, 3.05) is 26.4 Å². The Bertz CT molecular complexity index is 751. The number of pyridine rings is 1. The molecule has 0 bridgehead atoms. The lowest BCUT2D eigenvalue weighted by molar-refractivity contribution is 0.0237. The number of ether oxygens (including phenoxy) is 2. The number of hydrogen-bond acceptors (Lipinski definition) is 5. The maximum atomic E-state index is 12.9. The molecule has 2 heterocycles. The molecular formula is C20H23ClN2O4. The topological polar surface area (TPSA) is 71.9 Å². The summed E-state index contributed by atoms with van der Waals surface area (Å²) in [5, 5.41) is 9.63. The molecule has 2 aromatic rings. The van der Waals surface area contributed by atoms with Gasteiger partial charge in [0.25, 0.3) is 5.91 Å². The highest BCUT2D eigenvalue weighted by molar-refractivity contribution is 6.32. The van der Waals surface area contributed by atoms with Gasteiger partial charge in [-0.25, -0.2) is 4.98 Å². The zero-order valence-electron chi connectivity index (χ0n) is 15.0. The van der Waals surface area contributed by atoms with Crippen molar-refractivity contribution in [2.24, 2.45) is 0 Å². The predicted octanol–water partition coefficient (Wildman–Crippen LogP) is 2.93. The summed E-state index contributed by atoms with van der Waals surface area (Å²) in [5.74, 6) is 0.0943. The Labute approximate surface area is 163 Å². The second-order valence-electron chi connectivity index (χ2n) is 6.38. The molecule has 1 aliphatic rings. The van der Waals surface area contributed by atoms with Gasteiger partial charge in [0.05, 0.1) is 25.4 Å². The molecule has 3 rings (SSSR count). The van der Waals surface area contributed by atoms with Crippen LogP contribution < -0.4 is 4.74 Å². The quantitative estimate of drug-likeness (QED) is 0.787. The van der Waals surface area contributed by atoms with Crippen LogP contribution in [0.4, 0.5) is 0 Å². The SMILES string of the molecule is O=C(c1cnc(OC2CCOCC2)c(Cl)c1)N(CCO)Cc1ccccc1. The number of aliphatic hydroxyl groups is 1. The van der Waals surface area contributed by atoms with E-state index in [4.69, 9.17) is 21.1 Å². The summed E-state index contributed by atoms with van der Waals surface area (Å²) in [4.78, 5) is 18.7. The first-order chi connectivity index (χ1) is 13.2. The summed E-state index contributed by atoms with van der Waals surface area (Å²) >= 11 is 6.30.